The molecule has 0 unspecified atom stereocenters. The SMILES string of the molecule is CCC(C)(C)S(N)(=O)=O. The molecule has 0 aliphatic heterocycles. The summed E-state index contributed by atoms with van der Waals surface area (Å²) in [6.45, 7) is 5.02. The van der Waals surface area contributed by atoms with Gasteiger partial charge >= 0.3 is 0 Å². The zero-order chi connectivity index (χ0) is 7.71. The number of primary sulfonamides is 1. The number of nitrogens with two attached hydrogens (primary N) is 1. The van der Waals surface area contributed by atoms with Crippen molar-refractivity contribution in [1.82, 2.24) is 0 Å². The maximum absolute atomic E-state index is 10.7. The Hall–Kier alpha value is -0.0900. The van der Waals surface area contributed by atoms with Crippen molar-refractivity contribution in [3.63, 3.8) is 0 Å². The average Bonchev–Trinajstić information content (AvgIpc) is 1.64. The van der Waals surface area contributed by atoms with Gasteiger partial charge in [0.25, 0.3) is 0 Å². The summed E-state index contributed by atoms with van der Waals surface area (Å²) >= 11 is 0. The molecule has 2 N–H and O–H groups in total. The first kappa shape index (κ1) is 8.91. The number of rotatable bonds is 2. The van der Waals surface area contributed by atoms with Gasteiger partial charge in [-0.15, -0.1) is 0 Å². The van der Waals surface area contributed by atoms with E-state index in [2.05, 4.69) is 0 Å². The average molecular weight is 151 g/mol. The smallest absolute Gasteiger partial charge is 0.214 e. The van der Waals surface area contributed by atoms with Gasteiger partial charge in [0.2, 0.25) is 10.0 Å². The minimum absolute atomic E-state index is 0.547. The molecule has 9 heavy (non-hydrogen) atoms. The summed E-state index contributed by atoms with van der Waals surface area (Å²) in [5.74, 6) is 0. The van der Waals surface area contributed by atoms with Crippen LogP contribution in [0.2, 0.25) is 0 Å². The largest absolute Gasteiger partial charge is 0.228 e. The Labute approximate surface area is 56.3 Å². The van der Waals surface area contributed by atoms with Crippen LogP contribution in [0.25, 0.3) is 0 Å². The fraction of sp³-hybridized carbons (Fsp3) is 1.00. The zero-order valence-electron chi connectivity index (χ0n) is 6.01. The van der Waals surface area contributed by atoms with Crippen LogP contribution in [0.1, 0.15) is 27.2 Å². The molecule has 0 rings (SSSR count). The molecule has 4 heteroatoms. The van der Waals surface area contributed by atoms with Crippen LogP contribution in [0.3, 0.4) is 0 Å². The van der Waals surface area contributed by atoms with E-state index in [1.807, 2.05) is 0 Å². The Kier molecular flexibility index (Phi) is 2.24. The molecule has 0 amide bonds. The molecule has 0 fully saturated rings. The highest BCUT2D eigenvalue weighted by molar-refractivity contribution is 7.90. The van der Waals surface area contributed by atoms with Crippen LogP contribution >= 0.6 is 0 Å². The third-order valence-corrected chi connectivity index (χ3v) is 3.45. The summed E-state index contributed by atoms with van der Waals surface area (Å²) in [5, 5.41) is 4.90. The van der Waals surface area contributed by atoms with Crippen LogP contribution in [0.15, 0.2) is 0 Å². The first-order valence-corrected chi connectivity index (χ1v) is 4.38. The number of hydrogen-bond donors (Lipinski definition) is 1. The summed E-state index contributed by atoms with van der Waals surface area (Å²) in [4.78, 5) is 0. The van der Waals surface area contributed by atoms with Crippen molar-refractivity contribution in [3.8, 4) is 0 Å². The second-order valence-corrected chi connectivity index (χ2v) is 4.85. The Balaban J connectivity index is 4.56. The van der Waals surface area contributed by atoms with E-state index < -0.39 is 14.8 Å². The Morgan fingerprint density at radius 3 is 1.78 bits per heavy atom. The number of hydrogen-bond acceptors (Lipinski definition) is 2. The van der Waals surface area contributed by atoms with E-state index in [0.29, 0.717) is 6.42 Å². The van der Waals surface area contributed by atoms with Crippen LogP contribution in [-0.2, 0) is 10.0 Å². The quantitative estimate of drug-likeness (QED) is 0.623. The van der Waals surface area contributed by atoms with Crippen LogP contribution in [0.4, 0.5) is 0 Å². The van der Waals surface area contributed by atoms with Gasteiger partial charge in [0.15, 0.2) is 0 Å². The Morgan fingerprint density at radius 1 is 1.44 bits per heavy atom. The fourth-order valence-corrected chi connectivity index (χ4v) is 0.604. The summed E-state index contributed by atoms with van der Waals surface area (Å²) in [6.07, 6.45) is 0.547. The Bertz CT molecular complexity index is 181. The summed E-state index contributed by atoms with van der Waals surface area (Å²) in [6, 6.07) is 0. The highest BCUT2D eigenvalue weighted by Gasteiger charge is 2.28. The lowest BCUT2D eigenvalue weighted by Crippen LogP contribution is -2.36. The van der Waals surface area contributed by atoms with Gasteiger partial charge in [-0.25, -0.2) is 13.6 Å². The predicted octanol–water partition coefficient (Wildman–Crippen LogP) is 0.464. The lowest BCUT2D eigenvalue weighted by Gasteiger charge is -2.18. The topological polar surface area (TPSA) is 60.2 Å². The molecule has 0 spiro atoms. The molecular weight excluding hydrogens is 138 g/mol. The molecular formula is C5H13NO2S. The lowest BCUT2D eigenvalue weighted by molar-refractivity contribution is 0.540. The highest BCUT2D eigenvalue weighted by Crippen LogP contribution is 2.15. The van der Waals surface area contributed by atoms with Crippen LogP contribution in [0, 0.1) is 0 Å². The van der Waals surface area contributed by atoms with Gasteiger partial charge in [0.05, 0.1) is 4.75 Å². The first-order chi connectivity index (χ1) is 3.81. The molecule has 0 aliphatic carbocycles. The standard InChI is InChI=1S/C5H13NO2S/c1-4-5(2,3)9(6,7)8/h4H2,1-3H3,(H2,6,7,8). The van der Waals surface area contributed by atoms with Gasteiger partial charge < -0.3 is 0 Å². The van der Waals surface area contributed by atoms with E-state index >= 15 is 0 Å². The predicted molar refractivity (Wildman–Crippen MR) is 37.5 cm³/mol. The lowest BCUT2D eigenvalue weighted by atomic mass is 10.1. The van der Waals surface area contributed by atoms with Crippen molar-refractivity contribution in [2.75, 3.05) is 0 Å². The first-order valence-electron chi connectivity index (χ1n) is 2.83. The molecule has 56 valence electrons. The molecule has 0 aromatic heterocycles. The molecule has 0 bridgehead atoms. The van der Waals surface area contributed by atoms with Crippen molar-refractivity contribution in [2.24, 2.45) is 5.14 Å². The molecule has 0 atom stereocenters. The van der Waals surface area contributed by atoms with Crippen LogP contribution in [-0.4, -0.2) is 13.2 Å². The van der Waals surface area contributed by atoms with Gasteiger partial charge in [-0.3, -0.25) is 0 Å². The second kappa shape index (κ2) is 2.27. The molecule has 0 aromatic rings. The minimum Gasteiger partial charge on any atom is -0.228 e. The molecule has 0 aromatic carbocycles. The van der Waals surface area contributed by atoms with E-state index in [4.69, 9.17) is 5.14 Å². The molecule has 0 saturated carbocycles. The van der Waals surface area contributed by atoms with E-state index in [-0.39, 0.29) is 0 Å². The molecule has 0 saturated heterocycles. The zero-order valence-corrected chi connectivity index (χ0v) is 6.83. The highest BCUT2D eigenvalue weighted by atomic mass is 32.2. The monoisotopic (exact) mass is 151 g/mol. The normalized spacial score (nSPS) is 13.8. The van der Waals surface area contributed by atoms with E-state index in [1.165, 1.54) is 0 Å². The van der Waals surface area contributed by atoms with Crippen molar-refractivity contribution < 1.29 is 8.42 Å². The maximum atomic E-state index is 10.7. The summed E-state index contributed by atoms with van der Waals surface area (Å²) < 4.78 is 20.6. The van der Waals surface area contributed by atoms with Gasteiger partial charge in [-0.2, -0.15) is 0 Å². The van der Waals surface area contributed by atoms with Gasteiger partial charge in [-0.1, -0.05) is 6.92 Å². The summed E-state index contributed by atoms with van der Waals surface area (Å²) in [7, 11) is -3.35. The van der Waals surface area contributed by atoms with Crippen molar-refractivity contribution in [2.45, 2.75) is 31.9 Å². The van der Waals surface area contributed by atoms with Gasteiger partial charge in [0.1, 0.15) is 0 Å². The number of sulfonamides is 1. The molecule has 3 nitrogen and oxygen atoms in total. The van der Waals surface area contributed by atoms with Crippen LogP contribution in [0.5, 0.6) is 0 Å². The molecule has 0 heterocycles. The maximum Gasteiger partial charge on any atom is 0.214 e. The van der Waals surface area contributed by atoms with Crippen molar-refractivity contribution in [3.05, 3.63) is 0 Å². The molecule has 0 aliphatic rings. The fourth-order valence-electron chi connectivity index (χ4n) is 0.201. The van der Waals surface area contributed by atoms with Crippen LogP contribution < -0.4 is 5.14 Å². The minimum atomic E-state index is -3.35. The van der Waals surface area contributed by atoms with E-state index in [9.17, 15) is 8.42 Å². The van der Waals surface area contributed by atoms with Crippen molar-refractivity contribution in [1.29, 1.82) is 0 Å². The third kappa shape index (κ3) is 1.95. The second-order valence-electron chi connectivity index (χ2n) is 2.66. The van der Waals surface area contributed by atoms with Crippen molar-refractivity contribution >= 4 is 10.0 Å². The van der Waals surface area contributed by atoms with Gasteiger partial charge in [0, 0.05) is 0 Å². The third-order valence-electron chi connectivity index (χ3n) is 1.62. The molecule has 0 radical (unpaired) electrons. The van der Waals surface area contributed by atoms with E-state index in [1.54, 1.807) is 20.8 Å². The Morgan fingerprint density at radius 2 is 1.78 bits per heavy atom. The van der Waals surface area contributed by atoms with E-state index in [0.717, 1.165) is 0 Å². The van der Waals surface area contributed by atoms with Gasteiger partial charge in [-0.05, 0) is 20.3 Å². The summed E-state index contributed by atoms with van der Waals surface area (Å²) in [5.41, 5.74) is 0.